The molecule has 2 unspecified atom stereocenters. The molecule has 0 aliphatic heterocycles. The molecule has 96 valence electrons. The molecule has 0 bridgehead atoms. The van der Waals surface area contributed by atoms with Gasteiger partial charge in [0.1, 0.15) is 0 Å². The van der Waals surface area contributed by atoms with Crippen LogP contribution in [0.1, 0.15) is 59.3 Å². The summed E-state index contributed by atoms with van der Waals surface area (Å²) in [6.45, 7) is 8.76. The number of rotatable bonds is 10. The minimum Gasteiger partial charge on any atom is -0.377 e. The van der Waals surface area contributed by atoms with Gasteiger partial charge in [0.05, 0.1) is 6.10 Å². The Morgan fingerprint density at radius 2 is 1.88 bits per heavy atom. The smallest absolute Gasteiger partial charge is 0.0699 e. The number of hydrogen-bond donors (Lipinski definition) is 1. The molecule has 0 radical (unpaired) electrons. The molecule has 2 heteroatoms. The van der Waals surface area contributed by atoms with Crippen molar-refractivity contribution in [1.82, 2.24) is 5.32 Å². The summed E-state index contributed by atoms with van der Waals surface area (Å²) < 4.78 is 6.01. The maximum absolute atomic E-state index is 6.01. The lowest BCUT2D eigenvalue weighted by Crippen LogP contribution is -2.31. The molecule has 1 aliphatic rings. The van der Waals surface area contributed by atoms with Crippen LogP contribution in [0.5, 0.6) is 0 Å². The van der Waals surface area contributed by atoms with E-state index in [4.69, 9.17) is 4.74 Å². The molecule has 0 aromatic carbocycles. The molecule has 0 aromatic rings. The summed E-state index contributed by atoms with van der Waals surface area (Å²) >= 11 is 0. The topological polar surface area (TPSA) is 21.3 Å². The van der Waals surface area contributed by atoms with Crippen molar-refractivity contribution in [3.05, 3.63) is 0 Å². The summed E-state index contributed by atoms with van der Waals surface area (Å²) in [5.41, 5.74) is 0. The van der Waals surface area contributed by atoms with Gasteiger partial charge in [-0.1, -0.05) is 33.6 Å². The van der Waals surface area contributed by atoms with Crippen LogP contribution in [0, 0.1) is 5.92 Å². The zero-order valence-corrected chi connectivity index (χ0v) is 11.3. The van der Waals surface area contributed by atoms with Crippen LogP contribution in [0.25, 0.3) is 0 Å². The number of ether oxygens (including phenoxy) is 1. The van der Waals surface area contributed by atoms with Crippen molar-refractivity contribution >= 4 is 0 Å². The Hall–Kier alpha value is -0.0800. The molecule has 1 fully saturated rings. The van der Waals surface area contributed by atoms with Gasteiger partial charge in [0.25, 0.3) is 0 Å². The van der Waals surface area contributed by atoms with E-state index in [-0.39, 0.29) is 0 Å². The van der Waals surface area contributed by atoms with Crippen LogP contribution < -0.4 is 5.32 Å². The van der Waals surface area contributed by atoms with Crippen molar-refractivity contribution in [3.8, 4) is 0 Å². The molecule has 2 nitrogen and oxygen atoms in total. The Labute approximate surface area is 101 Å². The highest BCUT2D eigenvalue weighted by atomic mass is 16.5. The highest BCUT2D eigenvalue weighted by Gasteiger charge is 2.22. The fourth-order valence-electron chi connectivity index (χ4n) is 2.03. The third-order valence-corrected chi connectivity index (χ3v) is 3.22. The van der Waals surface area contributed by atoms with Gasteiger partial charge in [0.15, 0.2) is 0 Å². The van der Waals surface area contributed by atoms with Crippen LogP contribution >= 0.6 is 0 Å². The van der Waals surface area contributed by atoms with E-state index < -0.39 is 0 Å². The van der Waals surface area contributed by atoms with Gasteiger partial charge < -0.3 is 10.1 Å². The average molecular weight is 227 g/mol. The quantitative estimate of drug-likeness (QED) is 0.618. The molecule has 1 N–H and O–H groups in total. The molecule has 0 heterocycles. The zero-order chi connectivity index (χ0) is 11.8. The van der Waals surface area contributed by atoms with Gasteiger partial charge in [0.2, 0.25) is 0 Å². The molecule has 1 rings (SSSR count). The second kappa shape index (κ2) is 8.08. The second-order valence-electron chi connectivity index (χ2n) is 5.32. The summed E-state index contributed by atoms with van der Waals surface area (Å²) in [6.07, 6.45) is 8.14. The molecule has 1 aliphatic carbocycles. The summed E-state index contributed by atoms with van der Waals surface area (Å²) in [7, 11) is 0. The molecule has 0 spiro atoms. The number of nitrogens with one attached hydrogen (secondary N) is 1. The highest BCUT2D eigenvalue weighted by Crippen LogP contribution is 2.19. The average Bonchev–Trinajstić information content (AvgIpc) is 3.06. The zero-order valence-electron chi connectivity index (χ0n) is 11.3. The van der Waals surface area contributed by atoms with Crippen molar-refractivity contribution in [3.63, 3.8) is 0 Å². The van der Waals surface area contributed by atoms with E-state index in [0.717, 1.165) is 19.2 Å². The first-order valence-electron chi connectivity index (χ1n) is 7.11. The molecule has 2 atom stereocenters. The minimum atomic E-state index is 0.435. The lowest BCUT2D eigenvalue weighted by Gasteiger charge is -2.20. The van der Waals surface area contributed by atoms with Crippen LogP contribution in [0.2, 0.25) is 0 Å². The lowest BCUT2D eigenvalue weighted by molar-refractivity contribution is 0.0255. The van der Waals surface area contributed by atoms with Gasteiger partial charge in [-0.05, 0) is 31.6 Å². The Morgan fingerprint density at radius 3 is 2.44 bits per heavy atom. The molecular weight excluding hydrogens is 198 g/mol. The van der Waals surface area contributed by atoms with Crippen LogP contribution in [0.3, 0.4) is 0 Å². The van der Waals surface area contributed by atoms with E-state index >= 15 is 0 Å². The molecule has 16 heavy (non-hydrogen) atoms. The van der Waals surface area contributed by atoms with Gasteiger partial charge in [-0.15, -0.1) is 0 Å². The van der Waals surface area contributed by atoms with Crippen LogP contribution in [0.15, 0.2) is 0 Å². The van der Waals surface area contributed by atoms with E-state index in [0.29, 0.717) is 12.0 Å². The number of hydrogen-bond acceptors (Lipinski definition) is 2. The largest absolute Gasteiger partial charge is 0.377 e. The van der Waals surface area contributed by atoms with E-state index in [1.54, 1.807) is 0 Å². The molecule has 0 amide bonds. The Kier molecular flexibility index (Phi) is 7.06. The lowest BCUT2D eigenvalue weighted by atomic mass is 10.1. The van der Waals surface area contributed by atoms with Gasteiger partial charge in [0, 0.05) is 19.2 Å². The summed E-state index contributed by atoms with van der Waals surface area (Å²) in [6, 6.07) is 0.802. The van der Waals surface area contributed by atoms with Gasteiger partial charge >= 0.3 is 0 Å². The summed E-state index contributed by atoms with van der Waals surface area (Å²) in [5, 5.41) is 3.57. The Morgan fingerprint density at radius 1 is 1.19 bits per heavy atom. The first kappa shape index (κ1) is 14.0. The molecular formula is C14H29NO. The van der Waals surface area contributed by atoms with Crippen LogP contribution in [-0.2, 0) is 4.74 Å². The maximum atomic E-state index is 6.01. The molecule has 0 aromatic heterocycles. The predicted molar refractivity (Wildman–Crippen MR) is 69.7 cm³/mol. The van der Waals surface area contributed by atoms with E-state index in [1.165, 1.54) is 38.5 Å². The second-order valence-corrected chi connectivity index (χ2v) is 5.32. The fraction of sp³-hybridized carbons (Fsp3) is 1.00. The molecule has 1 saturated carbocycles. The standard InChI is InChI=1S/C14H29NO/c1-4-6-12(3)11-16-14(7-5-2)10-15-13-8-9-13/h12-15H,4-11H2,1-3H3. The SMILES string of the molecule is CCCC(C)COC(CCC)CNC1CC1. The van der Waals surface area contributed by atoms with Crippen LogP contribution in [0.4, 0.5) is 0 Å². The monoisotopic (exact) mass is 227 g/mol. The van der Waals surface area contributed by atoms with Crippen LogP contribution in [-0.4, -0.2) is 25.3 Å². The van der Waals surface area contributed by atoms with Crippen molar-refractivity contribution in [2.75, 3.05) is 13.2 Å². The first-order chi connectivity index (χ1) is 7.76. The van der Waals surface area contributed by atoms with Crippen molar-refractivity contribution < 1.29 is 4.74 Å². The van der Waals surface area contributed by atoms with Gasteiger partial charge in [-0.3, -0.25) is 0 Å². The normalized spacial score (nSPS) is 19.7. The third-order valence-electron chi connectivity index (χ3n) is 3.22. The van der Waals surface area contributed by atoms with E-state index in [2.05, 4.69) is 26.1 Å². The van der Waals surface area contributed by atoms with E-state index in [9.17, 15) is 0 Å². The van der Waals surface area contributed by atoms with Gasteiger partial charge in [-0.25, -0.2) is 0 Å². The minimum absolute atomic E-state index is 0.435. The van der Waals surface area contributed by atoms with Crippen molar-refractivity contribution in [2.24, 2.45) is 5.92 Å². The molecule has 0 saturated heterocycles. The maximum Gasteiger partial charge on any atom is 0.0699 e. The van der Waals surface area contributed by atoms with Gasteiger partial charge in [-0.2, -0.15) is 0 Å². The summed E-state index contributed by atoms with van der Waals surface area (Å²) in [4.78, 5) is 0. The first-order valence-corrected chi connectivity index (χ1v) is 7.11. The van der Waals surface area contributed by atoms with Crippen molar-refractivity contribution in [1.29, 1.82) is 0 Å². The van der Waals surface area contributed by atoms with E-state index in [1.807, 2.05) is 0 Å². The summed E-state index contributed by atoms with van der Waals surface area (Å²) in [5.74, 6) is 0.713. The predicted octanol–water partition coefficient (Wildman–Crippen LogP) is 3.36. The fourth-order valence-corrected chi connectivity index (χ4v) is 2.03. The third kappa shape index (κ3) is 6.49. The Balaban J connectivity index is 2.09. The Bertz CT molecular complexity index is 168. The highest BCUT2D eigenvalue weighted by molar-refractivity contribution is 4.82. The van der Waals surface area contributed by atoms with Crippen molar-refractivity contribution in [2.45, 2.75) is 71.4 Å².